The minimum atomic E-state index is -0.0462. The molecular weight excluding hydrogens is 294 g/mol. The fraction of sp³-hybridized carbons (Fsp3) is 0.353. The summed E-state index contributed by atoms with van der Waals surface area (Å²) in [5.41, 5.74) is 11.3. The van der Waals surface area contributed by atoms with Crippen molar-refractivity contribution in [1.82, 2.24) is 9.97 Å². The summed E-state index contributed by atoms with van der Waals surface area (Å²) < 4.78 is 5.45. The molecule has 3 rings (SSSR count). The van der Waals surface area contributed by atoms with Gasteiger partial charge in [0, 0.05) is 12.0 Å². The SMILES string of the molecule is COc1scc(C)c1-c1nc2ccc(C(C)(C)CN)cc2[nH]1. The quantitative estimate of drug-likeness (QED) is 0.768. The summed E-state index contributed by atoms with van der Waals surface area (Å²) in [5, 5.41) is 2.98. The molecule has 3 N–H and O–H groups in total. The van der Waals surface area contributed by atoms with Crippen LogP contribution < -0.4 is 10.5 Å². The van der Waals surface area contributed by atoms with Gasteiger partial charge in [-0.2, -0.15) is 0 Å². The zero-order chi connectivity index (χ0) is 15.9. The van der Waals surface area contributed by atoms with Crippen LogP contribution in [0.5, 0.6) is 5.06 Å². The maximum absolute atomic E-state index is 5.88. The van der Waals surface area contributed by atoms with E-state index < -0.39 is 0 Å². The summed E-state index contributed by atoms with van der Waals surface area (Å²) >= 11 is 1.59. The van der Waals surface area contributed by atoms with Gasteiger partial charge in [-0.25, -0.2) is 4.98 Å². The highest BCUT2D eigenvalue weighted by molar-refractivity contribution is 7.12. The van der Waals surface area contributed by atoms with Gasteiger partial charge in [0.2, 0.25) is 0 Å². The predicted molar refractivity (Wildman–Crippen MR) is 92.8 cm³/mol. The van der Waals surface area contributed by atoms with Crippen LogP contribution in [0.3, 0.4) is 0 Å². The Kier molecular flexibility index (Phi) is 3.70. The molecule has 0 bridgehead atoms. The third kappa shape index (κ3) is 2.40. The molecule has 4 nitrogen and oxygen atoms in total. The Morgan fingerprint density at radius 3 is 2.82 bits per heavy atom. The van der Waals surface area contributed by atoms with Crippen LogP contribution in [0.2, 0.25) is 0 Å². The molecule has 0 amide bonds. The van der Waals surface area contributed by atoms with Gasteiger partial charge in [-0.05, 0) is 35.6 Å². The number of H-pyrrole nitrogens is 1. The number of methoxy groups -OCH3 is 1. The Balaban J connectivity index is 2.12. The Morgan fingerprint density at radius 2 is 2.14 bits per heavy atom. The molecule has 0 saturated heterocycles. The van der Waals surface area contributed by atoms with E-state index in [4.69, 9.17) is 15.5 Å². The minimum absolute atomic E-state index is 0.0462. The van der Waals surface area contributed by atoms with Gasteiger partial charge >= 0.3 is 0 Å². The van der Waals surface area contributed by atoms with Crippen molar-refractivity contribution in [3.05, 3.63) is 34.7 Å². The standard InChI is InChI=1S/C17H21N3OS/c1-10-8-22-16(21-4)14(10)15-19-12-6-5-11(7-13(12)20-15)17(2,3)9-18/h5-8H,9,18H2,1-4H3,(H,19,20). The number of aromatic nitrogens is 2. The lowest BCUT2D eigenvalue weighted by Crippen LogP contribution is -2.27. The molecule has 22 heavy (non-hydrogen) atoms. The lowest BCUT2D eigenvalue weighted by atomic mass is 9.85. The first-order chi connectivity index (χ1) is 10.5. The number of thiophene rings is 1. The molecule has 116 valence electrons. The number of rotatable bonds is 4. The number of aromatic amines is 1. The molecule has 5 heteroatoms. The highest BCUT2D eigenvalue weighted by Gasteiger charge is 2.20. The molecule has 0 unspecified atom stereocenters. The van der Waals surface area contributed by atoms with Crippen molar-refractivity contribution >= 4 is 22.4 Å². The number of ether oxygens (including phenoxy) is 1. The topological polar surface area (TPSA) is 63.9 Å². The van der Waals surface area contributed by atoms with Crippen molar-refractivity contribution < 1.29 is 4.74 Å². The molecule has 0 saturated carbocycles. The maximum atomic E-state index is 5.88. The average Bonchev–Trinajstić information content (AvgIpc) is 3.08. The highest BCUT2D eigenvalue weighted by Crippen LogP contribution is 2.38. The van der Waals surface area contributed by atoms with Gasteiger partial charge in [-0.15, -0.1) is 11.3 Å². The number of aryl methyl sites for hydroxylation is 1. The zero-order valence-electron chi connectivity index (χ0n) is 13.4. The van der Waals surface area contributed by atoms with Crippen molar-refractivity contribution in [2.24, 2.45) is 5.73 Å². The second-order valence-corrected chi connectivity index (χ2v) is 7.03. The van der Waals surface area contributed by atoms with Gasteiger partial charge in [0.1, 0.15) is 5.82 Å². The molecule has 0 aliphatic carbocycles. The second-order valence-electron chi connectivity index (χ2n) is 6.19. The van der Waals surface area contributed by atoms with Gasteiger partial charge in [0.25, 0.3) is 0 Å². The number of fused-ring (bicyclic) bond motifs is 1. The number of nitrogens with zero attached hydrogens (tertiary/aromatic N) is 1. The lowest BCUT2D eigenvalue weighted by Gasteiger charge is -2.22. The van der Waals surface area contributed by atoms with Crippen molar-refractivity contribution in [2.75, 3.05) is 13.7 Å². The summed E-state index contributed by atoms with van der Waals surface area (Å²) in [4.78, 5) is 8.14. The van der Waals surface area contributed by atoms with Crippen molar-refractivity contribution in [2.45, 2.75) is 26.2 Å². The zero-order valence-corrected chi connectivity index (χ0v) is 14.2. The fourth-order valence-corrected chi connectivity index (χ4v) is 3.39. The third-order valence-electron chi connectivity index (χ3n) is 4.14. The Labute approximate surface area is 134 Å². The van der Waals surface area contributed by atoms with E-state index in [0.29, 0.717) is 6.54 Å². The largest absolute Gasteiger partial charge is 0.487 e. The molecule has 0 spiro atoms. The van der Waals surface area contributed by atoms with Gasteiger partial charge in [0.15, 0.2) is 5.06 Å². The third-order valence-corrected chi connectivity index (χ3v) is 5.19. The molecule has 1 aromatic carbocycles. The molecule has 3 aromatic rings. The van der Waals surface area contributed by atoms with Crippen molar-refractivity contribution in [1.29, 1.82) is 0 Å². The molecule has 0 fully saturated rings. The Morgan fingerprint density at radius 1 is 1.36 bits per heavy atom. The Hall–Kier alpha value is -1.85. The molecule has 0 aliphatic heterocycles. The molecule has 2 heterocycles. The first-order valence-corrected chi connectivity index (χ1v) is 8.17. The minimum Gasteiger partial charge on any atom is -0.487 e. The summed E-state index contributed by atoms with van der Waals surface area (Å²) in [6.45, 7) is 6.98. The van der Waals surface area contributed by atoms with E-state index in [1.807, 2.05) is 0 Å². The van der Waals surface area contributed by atoms with E-state index in [2.05, 4.69) is 49.3 Å². The smallest absolute Gasteiger partial charge is 0.184 e. The number of hydrogen-bond donors (Lipinski definition) is 2. The van der Waals surface area contributed by atoms with E-state index in [1.54, 1.807) is 18.4 Å². The van der Waals surface area contributed by atoms with Crippen LogP contribution in [-0.2, 0) is 5.41 Å². The van der Waals surface area contributed by atoms with Gasteiger partial charge in [-0.3, -0.25) is 0 Å². The number of hydrogen-bond acceptors (Lipinski definition) is 4. The van der Waals surface area contributed by atoms with E-state index in [1.165, 1.54) is 11.1 Å². The molecule has 0 atom stereocenters. The molecular formula is C17H21N3OS. The lowest BCUT2D eigenvalue weighted by molar-refractivity contribution is 0.428. The van der Waals surface area contributed by atoms with E-state index >= 15 is 0 Å². The van der Waals surface area contributed by atoms with Crippen LogP contribution in [0.4, 0.5) is 0 Å². The van der Waals surface area contributed by atoms with Crippen LogP contribution in [0.25, 0.3) is 22.4 Å². The summed E-state index contributed by atoms with van der Waals surface area (Å²) in [7, 11) is 1.69. The van der Waals surface area contributed by atoms with Crippen LogP contribution in [-0.4, -0.2) is 23.6 Å². The van der Waals surface area contributed by atoms with Gasteiger partial charge in [-0.1, -0.05) is 19.9 Å². The van der Waals surface area contributed by atoms with Gasteiger partial charge in [0.05, 0.1) is 23.7 Å². The van der Waals surface area contributed by atoms with Crippen LogP contribution in [0, 0.1) is 6.92 Å². The number of nitrogens with one attached hydrogen (secondary N) is 1. The molecule has 0 radical (unpaired) electrons. The van der Waals surface area contributed by atoms with Crippen LogP contribution >= 0.6 is 11.3 Å². The van der Waals surface area contributed by atoms with Crippen molar-refractivity contribution in [3.8, 4) is 16.5 Å². The van der Waals surface area contributed by atoms with Gasteiger partial charge < -0.3 is 15.5 Å². The van der Waals surface area contributed by atoms with E-state index in [0.717, 1.165) is 27.5 Å². The fourth-order valence-electron chi connectivity index (χ4n) is 2.52. The van der Waals surface area contributed by atoms with E-state index in [9.17, 15) is 0 Å². The number of nitrogens with two attached hydrogens (primary N) is 1. The van der Waals surface area contributed by atoms with Crippen LogP contribution in [0.15, 0.2) is 23.6 Å². The summed E-state index contributed by atoms with van der Waals surface area (Å²) in [6.07, 6.45) is 0. The molecule has 0 aliphatic rings. The maximum Gasteiger partial charge on any atom is 0.184 e. The summed E-state index contributed by atoms with van der Waals surface area (Å²) in [5.74, 6) is 0.855. The summed E-state index contributed by atoms with van der Waals surface area (Å²) in [6, 6.07) is 6.31. The molecule has 2 aromatic heterocycles. The first-order valence-electron chi connectivity index (χ1n) is 7.29. The number of benzene rings is 1. The second kappa shape index (κ2) is 5.41. The Bertz CT molecular complexity index is 817. The normalized spacial score (nSPS) is 12.0. The highest BCUT2D eigenvalue weighted by atomic mass is 32.1. The van der Waals surface area contributed by atoms with E-state index in [-0.39, 0.29) is 5.41 Å². The average molecular weight is 315 g/mol. The first kappa shape index (κ1) is 15.1. The predicted octanol–water partition coefficient (Wildman–Crippen LogP) is 3.84. The monoisotopic (exact) mass is 315 g/mol. The number of imidazole rings is 1. The van der Waals surface area contributed by atoms with Crippen LogP contribution in [0.1, 0.15) is 25.0 Å². The van der Waals surface area contributed by atoms with Crippen molar-refractivity contribution in [3.63, 3.8) is 0 Å².